The van der Waals surface area contributed by atoms with E-state index in [2.05, 4.69) is 352 Å². The van der Waals surface area contributed by atoms with Crippen molar-refractivity contribution in [3.63, 3.8) is 0 Å². The molecule has 0 radical (unpaired) electrons. The lowest BCUT2D eigenvalue weighted by atomic mass is 9.82. The van der Waals surface area contributed by atoms with E-state index in [9.17, 15) is 0 Å². The van der Waals surface area contributed by atoms with Crippen LogP contribution in [0.3, 0.4) is 0 Å². The average Bonchev–Trinajstić information content (AvgIpc) is 0.812. The van der Waals surface area contributed by atoms with Crippen LogP contribution in [0.25, 0.3) is 55.6 Å². The van der Waals surface area contributed by atoms with E-state index in [0.29, 0.717) is 0 Å². The second-order valence-corrected chi connectivity index (χ2v) is 31.1. The predicted molar refractivity (Wildman–Crippen MR) is 433 cm³/mol. The van der Waals surface area contributed by atoms with Crippen molar-refractivity contribution in [3.05, 3.63) is 291 Å². The first-order valence-electron chi connectivity index (χ1n) is 36.3. The fourth-order valence-corrected chi connectivity index (χ4v) is 13.6. The summed E-state index contributed by atoms with van der Waals surface area (Å²) >= 11 is 0. The van der Waals surface area contributed by atoms with Crippen molar-refractivity contribution in [1.82, 2.24) is 0 Å². The second kappa shape index (κ2) is 34.1. The standard InChI is InChI=1S/2C21H28.C19H24.2C18H22/c1-13-9-18(10-14(2)17(13)5)20-15(3)11-19(12-16(20)4)21(6,7)8;1-7-8-9-19-10-16(4)21(17(5)11-19)20-12-14(2)18(6)15(3)13-20;1-13-11-17(12-14(2)15(13)3)16-7-9-18(10-8-16)19(4,5)6;1-11-7-14(4)18(15(5)8-11)17-9-12(2)16(6)13(3)10-17;1-4-5-6-16-8-11-17(12-9-16)18-10-7-14(2)15(3)13-18/h9-12H,1-8H3;10-13H,7-9H2,1-6H3;7-12H,1-6H3;7-10H,1-6H3;7-13H,4-6H2,1-3H3. The van der Waals surface area contributed by atoms with Crippen LogP contribution >= 0.6 is 0 Å². The molecule has 0 atom stereocenters. The molecule has 10 aromatic rings. The van der Waals surface area contributed by atoms with Gasteiger partial charge in [-0.15, -0.1) is 0 Å². The van der Waals surface area contributed by atoms with Crippen LogP contribution in [-0.2, 0) is 23.7 Å². The zero-order valence-corrected chi connectivity index (χ0v) is 66.2. The minimum Gasteiger partial charge on any atom is -0.0654 e. The number of hydrogen-bond acceptors (Lipinski definition) is 0. The molecule has 10 aromatic carbocycles. The van der Waals surface area contributed by atoms with E-state index in [1.54, 1.807) is 0 Å². The minimum absolute atomic E-state index is 0.202. The number of unbranched alkanes of at least 4 members (excludes halogenated alkanes) is 2. The quantitative estimate of drug-likeness (QED) is 0.121. The SMILES string of the molecule is CCCCc1cc(C)c(-c2cc(C)c(C)c(C)c2)c(C)c1.CCCCc1ccc(-c2ccc(C)c(C)c2)cc1.Cc1cc(-c2c(C)cc(C(C)(C)C)cc2C)cc(C)c1C.Cc1cc(-c2ccc(C(C)(C)C)cc2)cc(C)c1C.Cc1cc(C)c(-c2cc(C)c(C)c(C)c2)c(C)c1. The van der Waals surface area contributed by atoms with Gasteiger partial charge in [0.05, 0.1) is 0 Å². The molecule has 0 aliphatic heterocycles. The van der Waals surface area contributed by atoms with Gasteiger partial charge in [-0.1, -0.05) is 225 Å². The highest BCUT2D eigenvalue weighted by molar-refractivity contribution is 5.76. The zero-order chi connectivity index (χ0) is 72.1. The van der Waals surface area contributed by atoms with E-state index in [1.165, 1.54) is 233 Å². The first-order valence-corrected chi connectivity index (χ1v) is 36.3. The Kier molecular flexibility index (Phi) is 27.5. The van der Waals surface area contributed by atoms with Crippen molar-refractivity contribution in [1.29, 1.82) is 0 Å². The molecule has 10 rings (SSSR count). The summed E-state index contributed by atoms with van der Waals surface area (Å²) in [6, 6.07) is 57.2. The van der Waals surface area contributed by atoms with Gasteiger partial charge in [-0.25, -0.2) is 0 Å². The highest BCUT2D eigenvalue weighted by Crippen LogP contribution is 2.37. The number of aryl methyl sites for hydroxylation is 19. The van der Waals surface area contributed by atoms with Gasteiger partial charge in [0.1, 0.15) is 0 Å². The van der Waals surface area contributed by atoms with Crippen LogP contribution in [0.4, 0.5) is 0 Å². The molecular formula is C97H124. The molecule has 97 heavy (non-hydrogen) atoms. The summed E-state index contributed by atoms with van der Waals surface area (Å²) in [5, 5.41) is 0. The van der Waals surface area contributed by atoms with Gasteiger partial charge in [-0.05, 0) is 371 Å². The maximum atomic E-state index is 2.38. The first kappa shape index (κ1) is 78.2. The van der Waals surface area contributed by atoms with Crippen molar-refractivity contribution in [3.8, 4) is 55.6 Å². The summed E-state index contributed by atoms with van der Waals surface area (Å²) in [5.41, 5.74) is 48.7. The molecule has 0 amide bonds. The molecular weight excluding hydrogens is 1170 g/mol. The normalized spacial score (nSPS) is 11.2. The largest absolute Gasteiger partial charge is 0.0654 e. The summed E-state index contributed by atoms with van der Waals surface area (Å²) in [4.78, 5) is 0. The maximum absolute atomic E-state index is 2.38. The molecule has 0 aromatic heterocycles. The van der Waals surface area contributed by atoms with Crippen LogP contribution in [-0.4, -0.2) is 0 Å². The number of hydrogen-bond donors (Lipinski definition) is 0. The van der Waals surface area contributed by atoms with Gasteiger partial charge in [-0.3, -0.25) is 0 Å². The highest BCUT2D eigenvalue weighted by atomic mass is 14.2. The summed E-state index contributed by atoms with van der Waals surface area (Å²) in [6.45, 7) is 64.4. The Morgan fingerprint density at radius 2 is 0.495 bits per heavy atom. The number of rotatable bonds is 11. The van der Waals surface area contributed by atoms with Crippen molar-refractivity contribution in [2.24, 2.45) is 0 Å². The molecule has 0 bridgehead atoms. The molecule has 0 heteroatoms. The van der Waals surface area contributed by atoms with Crippen LogP contribution in [0, 0.1) is 145 Å². The maximum Gasteiger partial charge on any atom is -0.0125 e. The lowest BCUT2D eigenvalue weighted by Gasteiger charge is -2.23. The van der Waals surface area contributed by atoms with Crippen LogP contribution in [0.15, 0.2) is 152 Å². The highest BCUT2D eigenvalue weighted by Gasteiger charge is 2.19. The van der Waals surface area contributed by atoms with Gasteiger partial charge in [0.2, 0.25) is 0 Å². The molecule has 0 aliphatic rings. The summed E-state index contributed by atoms with van der Waals surface area (Å²) in [6.07, 6.45) is 7.48. The monoisotopic (exact) mass is 1290 g/mol. The summed E-state index contributed by atoms with van der Waals surface area (Å²) in [7, 11) is 0. The van der Waals surface area contributed by atoms with Crippen molar-refractivity contribution < 1.29 is 0 Å². The van der Waals surface area contributed by atoms with Crippen LogP contribution in [0.5, 0.6) is 0 Å². The third kappa shape index (κ3) is 20.9. The van der Waals surface area contributed by atoms with E-state index in [4.69, 9.17) is 0 Å². The molecule has 0 saturated carbocycles. The Bertz CT molecular complexity index is 4160. The van der Waals surface area contributed by atoms with E-state index in [-0.39, 0.29) is 10.8 Å². The van der Waals surface area contributed by atoms with Gasteiger partial charge in [-0.2, -0.15) is 0 Å². The molecule has 0 N–H and O–H groups in total. The Morgan fingerprint density at radius 1 is 0.216 bits per heavy atom. The second-order valence-electron chi connectivity index (χ2n) is 31.1. The predicted octanol–water partition coefficient (Wildman–Crippen LogP) is 28.5. The van der Waals surface area contributed by atoms with Crippen molar-refractivity contribution in [2.45, 2.75) is 250 Å². The lowest BCUT2D eigenvalue weighted by molar-refractivity contribution is 0.589. The molecule has 0 spiro atoms. The Balaban J connectivity index is 0.000000192. The Hall–Kier alpha value is -7.80. The van der Waals surface area contributed by atoms with E-state index >= 15 is 0 Å². The topological polar surface area (TPSA) is 0 Å². The van der Waals surface area contributed by atoms with Crippen molar-refractivity contribution in [2.75, 3.05) is 0 Å². The Morgan fingerprint density at radius 3 is 0.825 bits per heavy atom. The van der Waals surface area contributed by atoms with Crippen molar-refractivity contribution >= 4 is 0 Å². The molecule has 512 valence electrons. The molecule has 0 heterocycles. The molecule has 0 saturated heterocycles. The smallest absolute Gasteiger partial charge is 0.0125 e. The van der Waals surface area contributed by atoms with Crippen LogP contribution < -0.4 is 0 Å². The first-order chi connectivity index (χ1) is 45.4. The summed E-state index contributed by atoms with van der Waals surface area (Å²) in [5.74, 6) is 0. The van der Waals surface area contributed by atoms with Crippen LogP contribution in [0.2, 0.25) is 0 Å². The minimum atomic E-state index is 0.202. The van der Waals surface area contributed by atoms with E-state index in [1.807, 2.05) is 0 Å². The van der Waals surface area contributed by atoms with Gasteiger partial charge < -0.3 is 0 Å². The third-order valence-corrected chi connectivity index (χ3v) is 20.8. The van der Waals surface area contributed by atoms with Gasteiger partial charge in [0.15, 0.2) is 0 Å². The Labute approximate surface area is 592 Å². The zero-order valence-electron chi connectivity index (χ0n) is 66.2. The number of benzene rings is 10. The fraction of sp³-hybridized carbons (Fsp3) is 0.381. The van der Waals surface area contributed by atoms with Gasteiger partial charge in [0.25, 0.3) is 0 Å². The van der Waals surface area contributed by atoms with Gasteiger partial charge >= 0.3 is 0 Å². The molecule has 0 unspecified atom stereocenters. The van der Waals surface area contributed by atoms with Crippen LogP contribution in [0.1, 0.15) is 220 Å². The third-order valence-electron chi connectivity index (χ3n) is 20.8. The molecule has 0 fully saturated rings. The van der Waals surface area contributed by atoms with E-state index in [0.717, 1.165) is 0 Å². The molecule has 0 nitrogen and oxygen atoms in total. The van der Waals surface area contributed by atoms with Gasteiger partial charge in [0, 0.05) is 0 Å². The van der Waals surface area contributed by atoms with E-state index < -0.39 is 0 Å². The summed E-state index contributed by atoms with van der Waals surface area (Å²) < 4.78 is 0. The fourth-order valence-electron chi connectivity index (χ4n) is 13.6. The lowest BCUT2D eigenvalue weighted by Crippen LogP contribution is -2.12. The molecule has 0 aliphatic carbocycles. The average molecular weight is 1290 g/mol.